The second kappa shape index (κ2) is 8.11. The van der Waals surface area contributed by atoms with Crippen molar-refractivity contribution in [2.45, 2.75) is 51.6 Å². The van der Waals surface area contributed by atoms with E-state index in [-0.39, 0.29) is 0 Å². The molecule has 2 fully saturated rings. The molecule has 0 amide bonds. The Bertz CT molecular complexity index is 1060. The summed E-state index contributed by atoms with van der Waals surface area (Å²) in [5, 5.41) is 9.81. The Labute approximate surface area is 181 Å². The molecule has 1 heterocycles. The van der Waals surface area contributed by atoms with Gasteiger partial charge < -0.3 is 15.4 Å². The van der Waals surface area contributed by atoms with Crippen molar-refractivity contribution in [2.24, 2.45) is 4.99 Å². The van der Waals surface area contributed by atoms with E-state index in [9.17, 15) is 0 Å². The molecule has 2 aromatic carbocycles. The highest BCUT2D eigenvalue weighted by Gasteiger charge is 2.26. The lowest BCUT2D eigenvalue weighted by Gasteiger charge is -2.11. The van der Waals surface area contributed by atoms with E-state index >= 15 is 0 Å². The van der Waals surface area contributed by atoms with Crippen LogP contribution >= 0.6 is 11.3 Å². The molecule has 2 aliphatic rings. The number of para-hydroxylation sites is 1. The highest BCUT2D eigenvalue weighted by Crippen LogP contribution is 2.35. The van der Waals surface area contributed by atoms with Crippen molar-refractivity contribution in [1.29, 1.82) is 0 Å². The third kappa shape index (κ3) is 4.82. The van der Waals surface area contributed by atoms with E-state index in [1.807, 2.05) is 18.2 Å². The van der Waals surface area contributed by atoms with Crippen LogP contribution in [-0.2, 0) is 0 Å². The monoisotopic (exact) mass is 418 g/mol. The molecule has 0 radical (unpaired) electrons. The molecular formula is C24H26N4OS. The lowest BCUT2D eigenvalue weighted by molar-refractivity contribution is 0.483. The smallest absolute Gasteiger partial charge is 0.198 e. The van der Waals surface area contributed by atoms with Crippen LogP contribution in [0.3, 0.4) is 0 Å². The van der Waals surface area contributed by atoms with Crippen molar-refractivity contribution in [2.75, 3.05) is 5.32 Å². The van der Waals surface area contributed by atoms with Crippen LogP contribution in [0.1, 0.15) is 36.8 Å². The van der Waals surface area contributed by atoms with Gasteiger partial charge in [-0.05, 0) is 74.9 Å². The number of rotatable bonds is 6. The van der Waals surface area contributed by atoms with E-state index in [0.29, 0.717) is 12.1 Å². The van der Waals surface area contributed by atoms with Gasteiger partial charge in [0.2, 0.25) is 0 Å². The summed E-state index contributed by atoms with van der Waals surface area (Å²) < 4.78 is 6.25. The lowest BCUT2D eigenvalue weighted by Crippen LogP contribution is -2.32. The molecule has 0 aliphatic heterocycles. The number of nitrogens with one attached hydrogen (secondary N) is 2. The molecule has 2 saturated carbocycles. The second-order valence-corrected chi connectivity index (χ2v) is 9.07. The van der Waals surface area contributed by atoms with Crippen molar-refractivity contribution in [1.82, 2.24) is 10.3 Å². The number of aromatic nitrogens is 1. The molecule has 5 rings (SSSR count). The van der Waals surface area contributed by atoms with Crippen LogP contribution in [0.2, 0.25) is 0 Å². The minimum absolute atomic E-state index is 0.463. The molecule has 6 heteroatoms. The number of hydrogen-bond donors (Lipinski definition) is 2. The summed E-state index contributed by atoms with van der Waals surface area (Å²) in [5.41, 5.74) is 4.26. The molecule has 0 saturated heterocycles. The molecule has 3 aromatic rings. The molecule has 2 N–H and O–H groups in total. The third-order valence-corrected chi connectivity index (χ3v) is 5.85. The maximum Gasteiger partial charge on any atom is 0.198 e. The van der Waals surface area contributed by atoms with Gasteiger partial charge in [0, 0.05) is 17.0 Å². The van der Waals surface area contributed by atoms with Gasteiger partial charge >= 0.3 is 0 Å². The number of aryl methyl sites for hydroxylation is 2. The van der Waals surface area contributed by atoms with Crippen LogP contribution in [0, 0.1) is 13.8 Å². The topological polar surface area (TPSA) is 58.5 Å². The number of anilines is 1. The zero-order chi connectivity index (χ0) is 20.5. The fourth-order valence-corrected chi connectivity index (χ4v) is 4.06. The van der Waals surface area contributed by atoms with Gasteiger partial charge in [-0.1, -0.05) is 18.2 Å². The standard InChI is InChI=1S/C24H26N4OS/c1-15-11-16(2)13-19(12-15)29-22-6-4-3-5-20(22)21-14-30-24(27-21)28-23(25-17-7-8-17)26-18-9-10-18/h3-6,11-14,17-18H,7-10H2,1-2H3,(H2,25,26,27,28). The fraction of sp³-hybridized carbons (Fsp3) is 0.333. The third-order valence-electron chi connectivity index (χ3n) is 5.09. The summed E-state index contributed by atoms with van der Waals surface area (Å²) in [6.45, 7) is 4.17. The van der Waals surface area contributed by atoms with Gasteiger partial charge in [0.1, 0.15) is 11.5 Å². The number of benzene rings is 2. The predicted molar refractivity (Wildman–Crippen MR) is 124 cm³/mol. The number of guanidine groups is 1. The Morgan fingerprint density at radius 1 is 1.07 bits per heavy atom. The first-order chi connectivity index (χ1) is 14.6. The maximum atomic E-state index is 6.25. The minimum atomic E-state index is 0.463. The van der Waals surface area contributed by atoms with Gasteiger partial charge in [0.25, 0.3) is 0 Å². The summed E-state index contributed by atoms with van der Waals surface area (Å²) in [7, 11) is 0. The van der Waals surface area contributed by atoms with E-state index in [1.165, 1.54) is 36.8 Å². The Kier molecular flexibility index (Phi) is 5.17. The molecule has 0 atom stereocenters. The van der Waals surface area contributed by atoms with Crippen molar-refractivity contribution < 1.29 is 4.74 Å². The van der Waals surface area contributed by atoms with Gasteiger partial charge in [-0.3, -0.25) is 0 Å². The SMILES string of the molecule is Cc1cc(C)cc(Oc2ccccc2-c2csc(NC(=NC3CC3)NC3CC3)n2)c1. The van der Waals surface area contributed by atoms with Crippen LogP contribution < -0.4 is 15.4 Å². The molecule has 1 aromatic heterocycles. The van der Waals surface area contributed by atoms with E-state index in [0.717, 1.165) is 33.8 Å². The summed E-state index contributed by atoms with van der Waals surface area (Å²) in [6.07, 6.45) is 4.81. The van der Waals surface area contributed by atoms with E-state index in [4.69, 9.17) is 14.7 Å². The molecule has 2 aliphatic carbocycles. The van der Waals surface area contributed by atoms with Crippen molar-refractivity contribution in [3.05, 3.63) is 59.0 Å². The molecule has 30 heavy (non-hydrogen) atoms. The van der Waals surface area contributed by atoms with Gasteiger partial charge in [-0.15, -0.1) is 11.3 Å². The first-order valence-corrected chi connectivity index (χ1v) is 11.4. The van der Waals surface area contributed by atoms with Gasteiger partial charge in [0.15, 0.2) is 11.1 Å². The lowest BCUT2D eigenvalue weighted by atomic mass is 10.1. The van der Waals surface area contributed by atoms with Crippen molar-refractivity contribution in [3.8, 4) is 22.8 Å². The van der Waals surface area contributed by atoms with Gasteiger partial charge in [-0.2, -0.15) is 0 Å². The largest absolute Gasteiger partial charge is 0.457 e. The first-order valence-electron chi connectivity index (χ1n) is 10.5. The van der Waals surface area contributed by atoms with Gasteiger partial charge in [-0.25, -0.2) is 9.98 Å². The zero-order valence-electron chi connectivity index (χ0n) is 17.3. The minimum Gasteiger partial charge on any atom is -0.457 e. The van der Waals surface area contributed by atoms with Crippen LogP contribution in [0.5, 0.6) is 11.5 Å². The van der Waals surface area contributed by atoms with Gasteiger partial charge in [0.05, 0.1) is 11.7 Å². The second-order valence-electron chi connectivity index (χ2n) is 8.21. The Balaban J connectivity index is 1.36. The number of ether oxygens (including phenoxy) is 1. The molecule has 154 valence electrons. The molecule has 0 spiro atoms. The quantitative estimate of drug-likeness (QED) is 0.386. The van der Waals surface area contributed by atoms with Crippen LogP contribution in [0.4, 0.5) is 5.13 Å². The predicted octanol–water partition coefficient (Wildman–Crippen LogP) is 5.90. The summed E-state index contributed by atoms with van der Waals surface area (Å²) in [4.78, 5) is 9.59. The first kappa shape index (κ1) is 19.1. The Hall–Kier alpha value is -2.86. The number of nitrogens with zero attached hydrogens (tertiary/aromatic N) is 2. The summed E-state index contributed by atoms with van der Waals surface area (Å²) in [5.74, 6) is 2.52. The average molecular weight is 419 g/mol. The number of aliphatic imine (C=N–C) groups is 1. The summed E-state index contributed by atoms with van der Waals surface area (Å²) in [6, 6.07) is 15.3. The Morgan fingerprint density at radius 2 is 1.83 bits per heavy atom. The van der Waals surface area contributed by atoms with Crippen molar-refractivity contribution >= 4 is 22.4 Å². The van der Waals surface area contributed by atoms with E-state index < -0.39 is 0 Å². The molecular weight excluding hydrogens is 392 g/mol. The normalized spacial score (nSPS) is 16.4. The molecule has 0 unspecified atom stereocenters. The Morgan fingerprint density at radius 3 is 2.57 bits per heavy atom. The maximum absolute atomic E-state index is 6.25. The fourth-order valence-electron chi connectivity index (χ4n) is 3.36. The van der Waals surface area contributed by atoms with Crippen molar-refractivity contribution in [3.63, 3.8) is 0 Å². The molecule has 0 bridgehead atoms. The summed E-state index contributed by atoms with van der Waals surface area (Å²) >= 11 is 1.59. The molecule has 5 nitrogen and oxygen atoms in total. The number of hydrogen-bond acceptors (Lipinski definition) is 4. The zero-order valence-corrected chi connectivity index (χ0v) is 18.1. The van der Waals surface area contributed by atoms with E-state index in [1.54, 1.807) is 11.3 Å². The van der Waals surface area contributed by atoms with E-state index in [2.05, 4.69) is 54.1 Å². The average Bonchev–Trinajstić information content (AvgIpc) is 3.63. The number of thiazole rings is 1. The van der Waals surface area contributed by atoms with Crippen LogP contribution in [0.25, 0.3) is 11.3 Å². The van der Waals surface area contributed by atoms with Crippen LogP contribution in [0.15, 0.2) is 52.8 Å². The highest BCUT2D eigenvalue weighted by atomic mass is 32.1. The van der Waals surface area contributed by atoms with Crippen LogP contribution in [-0.4, -0.2) is 23.0 Å². The highest BCUT2D eigenvalue weighted by molar-refractivity contribution is 7.14.